The van der Waals surface area contributed by atoms with Crippen LogP contribution in [0.2, 0.25) is 0 Å². The topological polar surface area (TPSA) is 32.5 Å². The normalized spacial score (nSPS) is 17.0. The third-order valence-electron chi connectivity index (χ3n) is 4.61. The molecule has 0 aromatic heterocycles. The summed E-state index contributed by atoms with van der Waals surface area (Å²) in [5.74, 6) is 0.666. The molecular formula is C18H31N3. The molecule has 3 heteroatoms. The highest BCUT2D eigenvalue weighted by molar-refractivity contribution is 5.36. The van der Waals surface area contributed by atoms with Crippen LogP contribution < -0.4 is 5.73 Å². The molecule has 21 heavy (non-hydrogen) atoms. The highest BCUT2D eigenvalue weighted by Crippen LogP contribution is 2.34. The first-order valence-electron chi connectivity index (χ1n) is 8.13. The van der Waals surface area contributed by atoms with Gasteiger partial charge >= 0.3 is 0 Å². The lowest BCUT2D eigenvalue weighted by Crippen LogP contribution is -2.57. The molecule has 3 nitrogen and oxygen atoms in total. The zero-order valence-electron chi connectivity index (χ0n) is 14.1. The van der Waals surface area contributed by atoms with Crippen molar-refractivity contribution in [3.63, 3.8) is 0 Å². The monoisotopic (exact) mass is 289 g/mol. The Balaban J connectivity index is 2.19. The molecule has 0 bridgehead atoms. The average Bonchev–Trinajstić information content (AvgIpc) is 2.82. The predicted octanol–water partition coefficient (Wildman–Crippen LogP) is 2.00. The molecule has 0 amide bonds. The van der Waals surface area contributed by atoms with Crippen LogP contribution >= 0.6 is 0 Å². The van der Waals surface area contributed by atoms with E-state index in [0.29, 0.717) is 5.92 Å². The van der Waals surface area contributed by atoms with Crippen LogP contribution in [0.5, 0.6) is 0 Å². The minimum absolute atomic E-state index is 0.115. The maximum absolute atomic E-state index is 6.28. The van der Waals surface area contributed by atoms with E-state index in [1.54, 1.807) is 0 Å². The molecule has 0 heterocycles. The van der Waals surface area contributed by atoms with Crippen LogP contribution in [-0.4, -0.2) is 55.6 Å². The SMILES string of the molecule is CC(C)CN(CCN(C)C)C1(CN)Cc2ccccc2C1. The minimum atomic E-state index is 0.115. The number of nitrogens with two attached hydrogens (primary N) is 1. The predicted molar refractivity (Wildman–Crippen MR) is 90.6 cm³/mol. The zero-order chi connectivity index (χ0) is 15.5. The summed E-state index contributed by atoms with van der Waals surface area (Å²) in [5, 5.41) is 0. The molecule has 1 aromatic rings. The molecule has 1 aromatic carbocycles. The fraction of sp³-hybridized carbons (Fsp3) is 0.667. The average molecular weight is 289 g/mol. The zero-order valence-corrected chi connectivity index (χ0v) is 14.1. The first-order chi connectivity index (χ1) is 9.97. The van der Waals surface area contributed by atoms with Crippen LogP contribution in [0.4, 0.5) is 0 Å². The van der Waals surface area contributed by atoms with Crippen LogP contribution in [0.15, 0.2) is 24.3 Å². The number of hydrogen-bond donors (Lipinski definition) is 1. The number of nitrogens with zero attached hydrogens (tertiary/aromatic N) is 2. The molecule has 0 saturated heterocycles. The molecule has 1 aliphatic rings. The highest BCUT2D eigenvalue weighted by atomic mass is 15.2. The Morgan fingerprint density at radius 3 is 2.10 bits per heavy atom. The first-order valence-corrected chi connectivity index (χ1v) is 8.13. The molecule has 1 aliphatic carbocycles. The van der Waals surface area contributed by atoms with Crippen molar-refractivity contribution < 1.29 is 0 Å². The van der Waals surface area contributed by atoms with Crippen LogP contribution in [0, 0.1) is 5.92 Å². The summed E-state index contributed by atoms with van der Waals surface area (Å²) in [6, 6.07) is 8.84. The summed E-state index contributed by atoms with van der Waals surface area (Å²) in [7, 11) is 4.29. The number of likely N-dealkylation sites (N-methyl/N-ethyl adjacent to an activating group) is 1. The van der Waals surface area contributed by atoms with Crippen molar-refractivity contribution in [1.29, 1.82) is 0 Å². The van der Waals surface area contributed by atoms with E-state index >= 15 is 0 Å². The Kier molecular flexibility index (Phi) is 5.42. The second-order valence-electron chi connectivity index (χ2n) is 7.19. The second-order valence-corrected chi connectivity index (χ2v) is 7.19. The second kappa shape index (κ2) is 6.91. The lowest BCUT2D eigenvalue weighted by Gasteiger charge is -2.42. The van der Waals surface area contributed by atoms with Crippen LogP contribution in [-0.2, 0) is 12.8 Å². The van der Waals surface area contributed by atoms with Gasteiger partial charge in [-0.25, -0.2) is 0 Å². The molecule has 0 fully saturated rings. The first kappa shape index (κ1) is 16.5. The quantitative estimate of drug-likeness (QED) is 0.833. The van der Waals surface area contributed by atoms with Gasteiger partial charge in [-0.05, 0) is 44.0 Å². The van der Waals surface area contributed by atoms with Crippen molar-refractivity contribution in [2.24, 2.45) is 11.7 Å². The van der Waals surface area contributed by atoms with Gasteiger partial charge in [-0.2, -0.15) is 0 Å². The molecule has 2 N–H and O–H groups in total. The molecule has 118 valence electrons. The Bertz CT molecular complexity index is 429. The van der Waals surface area contributed by atoms with E-state index in [1.165, 1.54) is 11.1 Å². The lowest BCUT2D eigenvalue weighted by atomic mass is 9.92. The van der Waals surface area contributed by atoms with Crippen LogP contribution in [0.25, 0.3) is 0 Å². The van der Waals surface area contributed by atoms with Gasteiger partial charge in [0.15, 0.2) is 0 Å². The molecule has 0 radical (unpaired) electrons. The summed E-state index contributed by atoms with van der Waals surface area (Å²) in [6.45, 7) is 8.64. The van der Waals surface area contributed by atoms with Crippen LogP contribution in [0.3, 0.4) is 0 Å². The van der Waals surface area contributed by atoms with Gasteiger partial charge in [-0.3, -0.25) is 4.90 Å². The molecule has 0 unspecified atom stereocenters. The maximum Gasteiger partial charge on any atom is 0.0412 e. The highest BCUT2D eigenvalue weighted by Gasteiger charge is 2.40. The van der Waals surface area contributed by atoms with Gasteiger partial charge in [0.2, 0.25) is 0 Å². The molecule has 0 saturated carbocycles. The summed E-state index contributed by atoms with van der Waals surface area (Å²) < 4.78 is 0. The lowest BCUT2D eigenvalue weighted by molar-refractivity contribution is 0.0804. The van der Waals surface area contributed by atoms with E-state index in [-0.39, 0.29) is 5.54 Å². The van der Waals surface area contributed by atoms with Crippen molar-refractivity contribution in [3.05, 3.63) is 35.4 Å². The molecular weight excluding hydrogens is 258 g/mol. The van der Waals surface area contributed by atoms with Crippen molar-refractivity contribution in [2.75, 3.05) is 40.3 Å². The fourth-order valence-corrected chi connectivity index (χ4v) is 3.45. The molecule has 0 spiro atoms. The smallest absolute Gasteiger partial charge is 0.0412 e. The number of rotatable bonds is 7. The van der Waals surface area contributed by atoms with Crippen molar-refractivity contribution in [3.8, 4) is 0 Å². The Morgan fingerprint density at radius 2 is 1.67 bits per heavy atom. The Labute approximate surface area is 130 Å². The van der Waals surface area contributed by atoms with E-state index < -0.39 is 0 Å². The van der Waals surface area contributed by atoms with Gasteiger partial charge in [-0.1, -0.05) is 38.1 Å². The number of hydrogen-bond acceptors (Lipinski definition) is 3. The van der Waals surface area contributed by atoms with Crippen molar-refractivity contribution >= 4 is 0 Å². The largest absolute Gasteiger partial charge is 0.329 e. The Morgan fingerprint density at radius 1 is 1.10 bits per heavy atom. The van der Waals surface area contributed by atoms with E-state index in [1.807, 2.05) is 0 Å². The molecule has 0 atom stereocenters. The molecule has 2 rings (SSSR count). The Hall–Kier alpha value is -0.900. The molecule has 0 aliphatic heterocycles. The van der Waals surface area contributed by atoms with Crippen LogP contribution in [0.1, 0.15) is 25.0 Å². The minimum Gasteiger partial charge on any atom is -0.329 e. The maximum atomic E-state index is 6.28. The number of fused-ring (bicyclic) bond motifs is 1. The fourth-order valence-electron chi connectivity index (χ4n) is 3.45. The summed E-state index contributed by atoms with van der Waals surface area (Å²) in [4.78, 5) is 4.91. The van der Waals surface area contributed by atoms with Gasteiger partial charge in [0, 0.05) is 31.7 Å². The van der Waals surface area contributed by atoms with Gasteiger partial charge in [0.1, 0.15) is 0 Å². The number of benzene rings is 1. The van der Waals surface area contributed by atoms with Gasteiger partial charge in [0.25, 0.3) is 0 Å². The third kappa shape index (κ3) is 3.85. The van der Waals surface area contributed by atoms with E-state index in [9.17, 15) is 0 Å². The van der Waals surface area contributed by atoms with Crippen molar-refractivity contribution in [2.45, 2.75) is 32.2 Å². The summed E-state index contributed by atoms with van der Waals surface area (Å²) >= 11 is 0. The van der Waals surface area contributed by atoms with Crippen molar-refractivity contribution in [1.82, 2.24) is 9.80 Å². The van der Waals surface area contributed by atoms with E-state index in [4.69, 9.17) is 5.73 Å². The standard InChI is InChI=1S/C18H31N3/c1-15(2)13-21(10-9-20(3)4)18(14-19)11-16-7-5-6-8-17(16)12-18/h5-8,15H,9-14,19H2,1-4H3. The van der Waals surface area contributed by atoms with E-state index in [2.05, 4.69) is 62.0 Å². The van der Waals surface area contributed by atoms with Gasteiger partial charge < -0.3 is 10.6 Å². The van der Waals surface area contributed by atoms with E-state index in [0.717, 1.165) is 39.0 Å². The van der Waals surface area contributed by atoms with Gasteiger partial charge in [-0.15, -0.1) is 0 Å². The third-order valence-corrected chi connectivity index (χ3v) is 4.61. The summed E-state index contributed by atoms with van der Waals surface area (Å²) in [5.41, 5.74) is 9.37. The summed E-state index contributed by atoms with van der Waals surface area (Å²) in [6.07, 6.45) is 2.19. The van der Waals surface area contributed by atoms with Gasteiger partial charge in [0.05, 0.1) is 0 Å².